The Hall–Kier alpha value is -2.62. The Morgan fingerprint density at radius 3 is 2.52 bits per heavy atom. The molecule has 2 amide bonds. The molecule has 1 saturated heterocycles. The van der Waals surface area contributed by atoms with Crippen LogP contribution in [0.2, 0.25) is 0 Å². The summed E-state index contributed by atoms with van der Waals surface area (Å²) in [5.41, 5.74) is -0.776. The van der Waals surface area contributed by atoms with Crippen LogP contribution in [0.15, 0.2) is 35.8 Å². The first-order valence-electron chi connectivity index (χ1n) is 9.17. The number of carbonyl (C=O) groups excluding carboxylic acids is 2. The van der Waals surface area contributed by atoms with E-state index in [4.69, 9.17) is 0 Å². The van der Waals surface area contributed by atoms with Crippen molar-refractivity contribution in [2.75, 3.05) is 18.0 Å². The van der Waals surface area contributed by atoms with Gasteiger partial charge in [0.2, 0.25) is 5.91 Å². The summed E-state index contributed by atoms with van der Waals surface area (Å²) in [5, 5.41) is 7.39. The molecule has 1 aliphatic rings. The normalized spacial score (nSPS) is 16.3. The van der Waals surface area contributed by atoms with Gasteiger partial charge in [0, 0.05) is 25.3 Å². The van der Waals surface area contributed by atoms with Crippen molar-refractivity contribution in [2.24, 2.45) is 0 Å². The monoisotopic (exact) mass is 426 g/mol. The van der Waals surface area contributed by atoms with E-state index in [0.29, 0.717) is 36.6 Å². The molecule has 0 saturated carbocycles. The molecule has 1 unspecified atom stereocenters. The molecule has 0 radical (unpaired) electrons. The van der Waals surface area contributed by atoms with Crippen LogP contribution in [0.25, 0.3) is 0 Å². The van der Waals surface area contributed by atoms with Crippen LogP contribution >= 0.6 is 11.3 Å². The third-order valence-corrected chi connectivity index (χ3v) is 5.60. The Kier molecular flexibility index (Phi) is 6.41. The van der Waals surface area contributed by atoms with Crippen molar-refractivity contribution in [3.8, 4) is 0 Å². The quantitative estimate of drug-likeness (QED) is 0.771. The predicted molar refractivity (Wildman–Crippen MR) is 104 cm³/mol. The summed E-state index contributed by atoms with van der Waals surface area (Å²) < 4.78 is 37.9. The molecule has 3 heterocycles. The maximum Gasteiger partial charge on any atom is 0.417 e. The van der Waals surface area contributed by atoms with Gasteiger partial charge in [0.15, 0.2) is 0 Å². The van der Waals surface area contributed by atoms with E-state index in [1.54, 1.807) is 24.4 Å². The number of anilines is 1. The van der Waals surface area contributed by atoms with Crippen molar-refractivity contribution in [1.29, 1.82) is 0 Å². The smallest absolute Gasteiger partial charge is 0.356 e. The molecule has 6 nitrogen and oxygen atoms in total. The Morgan fingerprint density at radius 2 is 1.97 bits per heavy atom. The van der Waals surface area contributed by atoms with Gasteiger partial charge in [0.05, 0.1) is 10.4 Å². The summed E-state index contributed by atoms with van der Waals surface area (Å²) in [7, 11) is 0. The van der Waals surface area contributed by atoms with Crippen molar-refractivity contribution in [3.63, 3.8) is 0 Å². The number of halogens is 3. The van der Waals surface area contributed by atoms with Crippen LogP contribution in [-0.2, 0) is 11.0 Å². The molecular formula is C19H21F3N4O2S. The molecule has 29 heavy (non-hydrogen) atoms. The summed E-state index contributed by atoms with van der Waals surface area (Å²) in [6, 6.07) is 5.12. The van der Waals surface area contributed by atoms with Crippen LogP contribution in [0, 0.1) is 0 Å². The van der Waals surface area contributed by atoms with Gasteiger partial charge in [-0.05, 0) is 43.3 Å². The van der Waals surface area contributed by atoms with Crippen LogP contribution < -0.4 is 15.5 Å². The highest BCUT2D eigenvalue weighted by atomic mass is 32.1. The number of alkyl halides is 3. The third kappa shape index (κ3) is 5.47. The maximum absolute atomic E-state index is 12.6. The molecule has 1 atom stereocenters. The second-order valence-electron chi connectivity index (χ2n) is 6.85. The zero-order valence-corrected chi connectivity index (χ0v) is 16.5. The number of piperidine rings is 1. The molecule has 3 rings (SSSR count). The number of carbonyl (C=O) groups is 2. The van der Waals surface area contributed by atoms with E-state index in [1.807, 2.05) is 4.90 Å². The molecule has 1 fully saturated rings. The van der Waals surface area contributed by atoms with Gasteiger partial charge in [-0.2, -0.15) is 13.2 Å². The Balaban J connectivity index is 1.46. The van der Waals surface area contributed by atoms with Gasteiger partial charge < -0.3 is 15.5 Å². The largest absolute Gasteiger partial charge is 0.417 e. The van der Waals surface area contributed by atoms with E-state index in [1.165, 1.54) is 17.4 Å². The number of nitrogens with zero attached hydrogens (tertiary/aromatic N) is 2. The average molecular weight is 426 g/mol. The van der Waals surface area contributed by atoms with Crippen molar-refractivity contribution in [2.45, 2.75) is 38.0 Å². The lowest BCUT2D eigenvalue weighted by atomic mass is 10.0. The molecule has 156 valence electrons. The van der Waals surface area contributed by atoms with Gasteiger partial charge in [-0.15, -0.1) is 11.3 Å². The summed E-state index contributed by atoms with van der Waals surface area (Å²) >= 11 is 1.30. The molecule has 1 aliphatic heterocycles. The maximum atomic E-state index is 12.6. The molecule has 2 aromatic heterocycles. The van der Waals surface area contributed by atoms with E-state index in [2.05, 4.69) is 15.6 Å². The van der Waals surface area contributed by atoms with Crippen LogP contribution in [0.5, 0.6) is 0 Å². The fourth-order valence-electron chi connectivity index (χ4n) is 3.06. The summed E-state index contributed by atoms with van der Waals surface area (Å²) in [5.74, 6) is -0.0637. The number of hydrogen-bond acceptors (Lipinski definition) is 5. The molecule has 10 heteroatoms. The van der Waals surface area contributed by atoms with E-state index in [-0.39, 0.29) is 17.9 Å². The molecule has 0 aromatic carbocycles. The zero-order chi connectivity index (χ0) is 21.0. The minimum atomic E-state index is -4.40. The second-order valence-corrected chi connectivity index (χ2v) is 7.79. The second kappa shape index (κ2) is 8.81. The van der Waals surface area contributed by atoms with Gasteiger partial charge in [-0.1, -0.05) is 6.07 Å². The fourth-order valence-corrected chi connectivity index (χ4v) is 3.69. The third-order valence-electron chi connectivity index (χ3n) is 4.73. The molecule has 2 N–H and O–H groups in total. The van der Waals surface area contributed by atoms with Gasteiger partial charge >= 0.3 is 6.18 Å². The Morgan fingerprint density at radius 1 is 1.24 bits per heavy atom. The van der Waals surface area contributed by atoms with Crippen LogP contribution in [-0.4, -0.2) is 42.0 Å². The van der Waals surface area contributed by atoms with E-state index in [0.717, 1.165) is 12.3 Å². The molecule has 0 spiro atoms. The lowest BCUT2D eigenvalue weighted by molar-refractivity contribution is -0.137. The fraction of sp³-hybridized carbons (Fsp3) is 0.421. The van der Waals surface area contributed by atoms with Crippen LogP contribution in [0.1, 0.15) is 35.0 Å². The summed E-state index contributed by atoms with van der Waals surface area (Å²) in [6.07, 6.45) is -2.29. The van der Waals surface area contributed by atoms with E-state index in [9.17, 15) is 22.8 Å². The van der Waals surface area contributed by atoms with Crippen molar-refractivity contribution in [1.82, 2.24) is 15.6 Å². The minimum absolute atomic E-state index is 0.0608. The van der Waals surface area contributed by atoms with Gasteiger partial charge in [-0.3, -0.25) is 9.59 Å². The van der Waals surface area contributed by atoms with Crippen molar-refractivity contribution in [3.05, 3.63) is 46.3 Å². The lowest BCUT2D eigenvalue weighted by Crippen LogP contribution is -2.51. The number of pyridine rings is 1. The highest BCUT2D eigenvalue weighted by Gasteiger charge is 2.31. The van der Waals surface area contributed by atoms with Gasteiger partial charge in [0.1, 0.15) is 11.9 Å². The number of amides is 2. The van der Waals surface area contributed by atoms with Crippen LogP contribution in [0.3, 0.4) is 0 Å². The number of hydrogen-bond donors (Lipinski definition) is 2. The Labute approximate surface area is 170 Å². The lowest BCUT2D eigenvalue weighted by Gasteiger charge is -2.33. The Bertz CT molecular complexity index is 832. The number of nitrogens with one attached hydrogen (secondary N) is 2. The number of aromatic nitrogens is 1. The van der Waals surface area contributed by atoms with Crippen molar-refractivity contribution < 1.29 is 22.8 Å². The van der Waals surface area contributed by atoms with Crippen molar-refractivity contribution >= 4 is 29.0 Å². The topological polar surface area (TPSA) is 74.3 Å². The average Bonchev–Trinajstić information content (AvgIpc) is 3.23. The SMILES string of the molecule is CC(NC(=O)c1cccs1)C(=O)NC1CCN(c2ccc(C(F)(F)F)cn2)CC1. The number of rotatable bonds is 5. The van der Waals surface area contributed by atoms with Gasteiger partial charge in [0.25, 0.3) is 5.91 Å². The van der Waals surface area contributed by atoms with Gasteiger partial charge in [-0.25, -0.2) is 4.98 Å². The zero-order valence-electron chi connectivity index (χ0n) is 15.7. The first-order valence-corrected chi connectivity index (χ1v) is 10.0. The summed E-state index contributed by atoms with van der Waals surface area (Å²) in [6.45, 7) is 2.76. The summed E-state index contributed by atoms with van der Waals surface area (Å²) in [4.78, 5) is 30.7. The van der Waals surface area contributed by atoms with E-state index >= 15 is 0 Å². The van der Waals surface area contributed by atoms with E-state index < -0.39 is 17.8 Å². The van der Waals surface area contributed by atoms with Crippen LogP contribution in [0.4, 0.5) is 19.0 Å². The predicted octanol–water partition coefficient (Wildman–Crippen LogP) is 3.07. The minimum Gasteiger partial charge on any atom is -0.356 e. The standard InChI is InChI=1S/C19H21F3N4O2S/c1-12(24-18(28)15-3-2-10-29-15)17(27)25-14-6-8-26(9-7-14)16-5-4-13(11-23-16)19(20,21)22/h2-5,10-12,14H,6-9H2,1H3,(H,24,28)(H,25,27). The first kappa shape index (κ1) is 21.1. The molecule has 2 aromatic rings. The molecular weight excluding hydrogens is 405 g/mol. The molecule has 0 bridgehead atoms. The highest BCUT2D eigenvalue weighted by molar-refractivity contribution is 7.12. The number of thiophene rings is 1. The molecule has 0 aliphatic carbocycles. The highest BCUT2D eigenvalue weighted by Crippen LogP contribution is 2.29. The first-order chi connectivity index (χ1) is 13.7.